The van der Waals surface area contributed by atoms with Gasteiger partial charge in [-0.05, 0) is 57.7 Å². The molecule has 2 N–H and O–H groups in total. The van der Waals surface area contributed by atoms with Gasteiger partial charge in [0.25, 0.3) is 5.91 Å². The van der Waals surface area contributed by atoms with E-state index in [2.05, 4.69) is 4.72 Å². The first-order valence-corrected chi connectivity index (χ1v) is 14.9. The molecule has 2 saturated heterocycles. The Morgan fingerprint density at radius 1 is 1.13 bits per heavy atom. The summed E-state index contributed by atoms with van der Waals surface area (Å²) in [6.07, 6.45) is 0.125. The van der Waals surface area contributed by atoms with Crippen molar-refractivity contribution in [2.75, 3.05) is 19.7 Å². The van der Waals surface area contributed by atoms with Gasteiger partial charge in [-0.25, -0.2) is 4.79 Å². The van der Waals surface area contributed by atoms with E-state index in [0.29, 0.717) is 55.1 Å². The molecule has 0 spiro atoms. The Bertz CT molecular complexity index is 1170. The molecule has 0 saturated carbocycles. The molecule has 0 radical (unpaired) electrons. The van der Waals surface area contributed by atoms with Crippen LogP contribution in [-0.4, -0.2) is 63.1 Å². The zero-order valence-electron chi connectivity index (χ0n) is 22.2. The van der Waals surface area contributed by atoms with Crippen molar-refractivity contribution in [3.63, 3.8) is 0 Å². The quantitative estimate of drug-likeness (QED) is 0.340. The number of likely N-dealkylation sites (tertiary alicyclic amines) is 1. The molecule has 2 aliphatic heterocycles. The fourth-order valence-corrected chi connectivity index (χ4v) is 6.07. The van der Waals surface area contributed by atoms with Crippen LogP contribution in [-0.2, 0) is 25.6 Å². The maximum absolute atomic E-state index is 13.4. The van der Waals surface area contributed by atoms with Crippen LogP contribution in [0, 0.1) is 5.92 Å². The van der Waals surface area contributed by atoms with E-state index < -0.39 is 40.3 Å². The number of amides is 1. The number of carbonyl (C=O) groups is 2. The fraction of sp³-hybridized carbons (Fsp3) is 0.500. The summed E-state index contributed by atoms with van der Waals surface area (Å²) in [5, 5.41) is 11.2. The Hall–Kier alpha value is -2.01. The molecule has 4 atom stereocenters. The minimum absolute atomic E-state index is 0.0336. The monoisotopic (exact) mass is 596 g/mol. The molecule has 4 rings (SSSR count). The summed E-state index contributed by atoms with van der Waals surface area (Å²) in [6, 6.07) is 11.2. The standard InChI is InChI=1S/C28H34Cl2N2O6S/c1-28(2,3)39(36)31-24(19-15-20(29)21(30)16-22(19)33)17-9-12-32(13-10-17)26(34)25-23(11-14-37-25)38-27(35)18-7-5-4-6-8-18/h4-8,15-17,23-25,31,33H,9-14H2,1-3H3/t23?,24-,25?,39?/m1/s1. The summed E-state index contributed by atoms with van der Waals surface area (Å²) in [4.78, 5) is 27.7. The molecule has 2 fully saturated rings. The number of rotatable bonds is 7. The van der Waals surface area contributed by atoms with Crippen molar-refractivity contribution in [2.24, 2.45) is 5.92 Å². The second-order valence-corrected chi connectivity index (χ2v) is 13.7. The second kappa shape index (κ2) is 12.7. The smallest absolute Gasteiger partial charge is 0.338 e. The molecule has 0 aromatic heterocycles. The van der Waals surface area contributed by atoms with E-state index in [1.54, 1.807) is 35.2 Å². The van der Waals surface area contributed by atoms with Gasteiger partial charge >= 0.3 is 5.97 Å². The summed E-state index contributed by atoms with van der Waals surface area (Å²) < 4.78 is 27.1. The third kappa shape index (κ3) is 7.20. The van der Waals surface area contributed by atoms with E-state index >= 15 is 0 Å². The van der Waals surface area contributed by atoms with Crippen LogP contribution in [0.15, 0.2) is 42.5 Å². The number of aromatic hydroxyl groups is 1. The number of phenols is 1. The predicted molar refractivity (Wildman–Crippen MR) is 151 cm³/mol. The van der Waals surface area contributed by atoms with Crippen LogP contribution < -0.4 is 4.72 Å². The van der Waals surface area contributed by atoms with E-state index in [1.165, 1.54) is 6.07 Å². The van der Waals surface area contributed by atoms with Gasteiger partial charge in [-0.15, -0.1) is 4.72 Å². The highest BCUT2D eigenvalue weighted by molar-refractivity contribution is 7.90. The van der Waals surface area contributed by atoms with Gasteiger partial charge in [0.05, 0.1) is 28.3 Å². The van der Waals surface area contributed by atoms with Crippen molar-refractivity contribution in [1.82, 2.24) is 9.62 Å². The molecule has 1 amide bonds. The van der Waals surface area contributed by atoms with Crippen LogP contribution in [0.25, 0.3) is 0 Å². The van der Waals surface area contributed by atoms with Gasteiger partial charge in [-0.1, -0.05) is 41.4 Å². The number of ether oxygens (including phenoxy) is 2. The summed E-state index contributed by atoms with van der Waals surface area (Å²) in [5.74, 6) is -0.768. The lowest BCUT2D eigenvalue weighted by atomic mass is 9.85. The lowest BCUT2D eigenvalue weighted by Gasteiger charge is -2.38. The van der Waals surface area contributed by atoms with Gasteiger partial charge in [0.15, 0.2) is 6.10 Å². The molecule has 11 heteroatoms. The van der Waals surface area contributed by atoms with Crippen LogP contribution in [0.2, 0.25) is 10.0 Å². The highest BCUT2D eigenvalue weighted by Gasteiger charge is 2.42. The molecular weight excluding hydrogens is 563 g/mol. The minimum atomic E-state index is -1.42. The Kier molecular flexibility index (Phi) is 9.73. The second-order valence-electron chi connectivity index (χ2n) is 10.9. The third-order valence-corrected chi connectivity index (χ3v) is 9.37. The minimum Gasteiger partial charge on any atom is -0.598 e. The van der Waals surface area contributed by atoms with Gasteiger partial charge in [0.2, 0.25) is 0 Å². The molecule has 39 heavy (non-hydrogen) atoms. The Balaban J connectivity index is 1.44. The van der Waals surface area contributed by atoms with Crippen molar-refractivity contribution >= 4 is 46.4 Å². The van der Waals surface area contributed by atoms with E-state index in [1.807, 2.05) is 26.8 Å². The van der Waals surface area contributed by atoms with Crippen LogP contribution in [0.5, 0.6) is 5.75 Å². The molecule has 3 unspecified atom stereocenters. The van der Waals surface area contributed by atoms with Gasteiger partial charge in [0.1, 0.15) is 16.6 Å². The number of phenolic OH excluding ortho intramolecular Hbond substituents is 1. The third-order valence-electron chi connectivity index (χ3n) is 7.07. The lowest BCUT2D eigenvalue weighted by Crippen LogP contribution is -2.50. The Labute approximate surface area is 242 Å². The van der Waals surface area contributed by atoms with Crippen molar-refractivity contribution in [2.45, 2.75) is 63.0 Å². The average Bonchev–Trinajstić information content (AvgIpc) is 3.37. The van der Waals surface area contributed by atoms with Gasteiger partial charge < -0.3 is 24.0 Å². The Morgan fingerprint density at radius 3 is 2.41 bits per heavy atom. The first-order valence-electron chi connectivity index (χ1n) is 13.0. The van der Waals surface area contributed by atoms with E-state index in [-0.39, 0.29) is 22.6 Å². The number of nitrogens with zero attached hydrogens (tertiary/aromatic N) is 1. The zero-order chi connectivity index (χ0) is 28.3. The molecule has 2 aromatic rings. The molecule has 2 heterocycles. The molecule has 212 valence electrons. The molecule has 2 aliphatic rings. The van der Waals surface area contributed by atoms with E-state index in [9.17, 15) is 19.2 Å². The molecule has 2 aromatic carbocycles. The fourth-order valence-electron chi connectivity index (χ4n) is 4.84. The highest BCUT2D eigenvalue weighted by Crippen LogP contribution is 2.40. The molecular formula is C28H34Cl2N2O6S. The van der Waals surface area contributed by atoms with Crippen LogP contribution in [0.3, 0.4) is 0 Å². The van der Waals surface area contributed by atoms with E-state index in [4.69, 9.17) is 32.7 Å². The summed E-state index contributed by atoms with van der Waals surface area (Å²) >= 11 is 10.9. The van der Waals surface area contributed by atoms with Crippen molar-refractivity contribution in [3.05, 3.63) is 63.6 Å². The maximum atomic E-state index is 13.4. The molecule has 0 bridgehead atoms. The first-order chi connectivity index (χ1) is 18.5. The largest absolute Gasteiger partial charge is 0.598 e. The topological polar surface area (TPSA) is 111 Å². The molecule has 0 aliphatic carbocycles. The predicted octanol–water partition coefficient (Wildman–Crippen LogP) is 5.05. The van der Waals surface area contributed by atoms with E-state index in [0.717, 1.165) is 0 Å². The average molecular weight is 598 g/mol. The number of hydrogen-bond acceptors (Lipinski definition) is 7. The number of hydrogen-bond donors (Lipinski definition) is 2. The highest BCUT2D eigenvalue weighted by atomic mass is 35.5. The first kappa shape index (κ1) is 30.0. The summed E-state index contributed by atoms with van der Waals surface area (Å²) in [5.41, 5.74) is 0.937. The summed E-state index contributed by atoms with van der Waals surface area (Å²) in [6.45, 7) is 6.81. The van der Waals surface area contributed by atoms with Crippen molar-refractivity contribution in [1.29, 1.82) is 0 Å². The lowest BCUT2D eigenvalue weighted by molar-refractivity contribution is -0.146. The summed E-state index contributed by atoms with van der Waals surface area (Å²) in [7, 11) is 0. The van der Waals surface area contributed by atoms with Crippen LogP contribution >= 0.6 is 23.2 Å². The number of nitrogens with one attached hydrogen (secondary N) is 1. The number of benzene rings is 2. The van der Waals surface area contributed by atoms with Crippen molar-refractivity contribution in [3.8, 4) is 5.75 Å². The number of piperidine rings is 1. The number of carbonyl (C=O) groups excluding carboxylic acids is 2. The number of halogens is 2. The Morgan fingerprint density at radius 2 is 1.77 bits per heavy atom. The van der Waals surface area contributed by atoms with Gasteiger partial charge in [0, 0.05) is 42.5 Å². The normalized spacial score (nSPS) is 21.9. The maximum Gasteiger partial charge on any atom is 0.338 e. The SMILES string of the molecule is CC(C)(C)[S+]([O-])N[C@@H](c1cc(Cl)c(Cl)cc1O)C1CCN(C(=O)C2OCCC2OC(=O)c2ccccc2)CC1. The number of esters is 1. The zero-order valence-corrected chi connectivity index (χ0v) is 24.5. The molecule has 8 nitrogen and oxygen atoms in total. The van der Waals surface area contributed by atoms with Crippen molar-refractivity contribution < 1.29 is 28.7 Å². The van der Waals surface area contributed by atoms with Crippen LogP contribution in [0.1, 0.15) is 62.0 Å². The van der Waals surface area contributed by atoms with Gasteiger partial charge in [-0.2, -0.15) is 0 Å². The van der Waals surface area contributed by atoms with Gasteiger partial charge in [-0.3, -0.25) is 4.79 Å². The van der Waals surface area contributed by atoms with Crippen LogP contribution in [0.4, 0.5) is 0 Å².